The van der Waals surface area contributed by atoms with Crippen molar-refractivity contribution in [3.63, 3.8) is 0 Å². The maximum Gasteiger partial charge on any atom is 0.264 e. The zero-order chi connectivity index (χ0) is 58.6. The van der Waals surface area contributed by atoms with Gasteiger partial charge in [-0.05, 0) is 58.6 Å². The molecule has 11 nitrogen and oxygen atoms in total. The molecule has 8 aromatic rings. The van der Waals surface area contributed by atoms with Gasteiger partial charge in [-0.25, -0.2) is 0 Å². The molecule has 8 rings (SSSR count). The largest absolute Gasteiger partial charge is 0.396 e. The van der Waals surface area contributed by atoms with E-state index in [1.165, 1.54) is 33.4 Å². The smallest absolute Gasteiger partial charge is 0.264 e. The van der Waals surface area contributed by atoms with E-state index in [0.29, 0.717) is 25.2 Å². The molecular weight excluding hydrogens is 1170 g/mol. The molecule has 0 aliphatic heterocycles. The van der Waals surface area contributed by atoms with Gasteiger partial charge in [0.05, 0.1) is 46.4 Å². The Morgan fingerprint density at radius 3 is 0.926 bits per heavy atom. The third-order valence-electron chi connectivity index (χ3n) is 11.7. The molecule has 0 radical (unpaired) electrons. The molecule has 14 heteroatoms. The minimum Gasteiger partial charge on any atom is -0.396 e. The van der Waals surface area contributed by atoms with Gasteiger partial charge in [0, 0.05) is 37.4 Å². The molecule has 0 saturated carbocycles. The first kappa shape index (κ1) is 69.6. The highest BCUT2D eigenvalue weighted by Crippen LogP contribution is 2.28. The van der Waals surface area contributed by atoms with Crippen LogP contribution in [-0.2, 0) is 33.2 Å². The van der Waals surface area contributed by atoms with Gasteiger partial charge < -0.3 is 39.4 Å². The van der Waals surface area contributed by atoms with Crippen LogP contribution in [0, 0.1) is 0 Å². The first-order valence-electron chi connectivity index (χ1n) is 26.7. The highest BCUT2D eigenvalue weighted by Gasteiger charge is 2.16. The van der Waals surface area contributed by atoms with Crippen molar-refractivity contribution in [2.75, 3.05) is 97.9 Å². The third-order valence-corrected chi connectivity index (χ3v) is 12.9. The molecule has 0 saturated heterocycles. The summed E-state index contributed by atoms with van der Waals surface area (Å²) in [4.78, 5) is 2.22. The average Bonchev–Trinajstić information content (AvgIpc) is 3.57. The van der Waals surface area contributed by atoms with E-state index in [2.05, 4.69) is 150 Å². The van der Waals surface area contributed by atoms with E-state index >= 15 is 0 Å². The second-order valence-electron chi connectivity index (χ2n) is 17.8. The van der Waals surface area contributed by atoms with Crippen molar-refractivity contribution >= 4 is 42.0 Å². The SMILES string of the molecule is BrCCOC(c1ccccc1)c1ccccc1.CNCCOC(c1ccccc1)c1ccccc1.COCCN(C)CCOC(c1ccccc1)c1ccccc1.COS(C)(=O)=O.OC(c1ccccc1)c1ccccc1.OCCBr. The fourth-order valence-electron chi connectivity index (χ4n) is 7.51. The first-order valence-corrected chi connectivity index (χ1v) is 30.8. The van der Waals surface area contributed by atoms with Crippen LogP contribution in [0.15, 0.2) is 243 Å². The molecule has 434 valence electrons. The van der Waals surface area contributed by atoms with E-state index in [4.69, 9.17) is 24.1 Å². The Balaban J connectivity index is 0.000000270. The van der Waals surface area contributed by atoms with Crippen molar-refractivity contribution in [3.8, 4) is 0 Å². The predicted octanol–water partition coefficient (Wildman–Crippen LogP) is 13.3. The molecule has 3 N–H and O–H groups in total. The van der Waals surface area contributed by atoms with Crippen LogP contribution in [0.1, 0.15) is 68.9 Å². The summed E-state index contributed by atoms with van der Waals surface area (Å²) in [7, 11) is 3.71. The van der Waals surface area contributed by atoms with Crippen LogP contribution in [-0.4, -0.2) is 121 Å². The number of likely N-dealkylation sites (N-methyl/N-ethyl adjacent to an activating group) is 2. The molecule has 0 aliphatic rings. The van der Waals surface area contributed by atoms with Gasteiger partial charge in [0.25, 0.3) is 10.1 Å². The monoisotopic (exact) mass is 1250 g/mol. The molecule has 0 aromatic heterocycles. The van der Waals surface area contributed by atoms with Crippen molar-refractivity contribution in [2.45, 2.75) is 24.4 Å². The zero-order valence-corrected chi connectivity index (χ0v) is 51.3. The molecule has 0 spiro atoms. The van der Waals surface area contributed by atoms with Gasteiger partial charge in [-0.15, -0.1) is 0 Å². The highest BCUT2D eigenvalue weighted by atomic mass is 79.9. The summed E-state index contributed by atoms with van der Waals surface area (Å²) in [6, 6.07) is 81.4. The van der Waals surface area contributed by atoms with Gasteiger partial charge in [-0.2, -0.15) is 8.42 Å². The molecule has 0 fully saturated rings. The van der Waals surface area contributed by atoms with Crippen LogP contribution in [0.3, 0.4) is 0 Å². The van der Waals surface area contributed by atoms with Crippen LogP contribution < -0.4 is 5.32 Å². The number of benzene rings is 8. The van der Waals surface area contributed by atoms with Gasteiger partial charge in [0.2, 0.25) is 0 Å². The second kappa shape index (κ2) is 44.0. The molecule has 0 bridgehead atoms. The number of nitrogens with one attached hydrogen (secondary N) is 1. The normalized spacial score (nSPS) is 10.7. The third kappa shape index (κ3) is 30.3. The summed E-state index contributed by atoms with van der Waals surface area (Å²) in [5, 5.41) is 22.5. The maximum absolute atomic E-state index is 9.99. The molecular formula is C67H82Br2N2O9S. The Bertz CT molecular complexity index is 2640. The number of alkyl halides is 2. The lowest BCUT2D eigenvalue weighted by molar-refractivity contribution is 0.0593. The lowest BCUT2D eigenvalue weighted by atomic mass is 10.0. The molecule has 8 aromatic carbocycles. The summed E-state index contributed by atoms with van der Waals surface area (Å²) in [5.41, 5.74) is 9.01. The van der Waals surface area contributed by atoms with E-state index in [0.717, 1.165) is 56.1 Å². The van der Waals surface area contributed by atoms with Gasteiger partial charge in [-0.3, -0.25) is 4.18 Å². The predicted molar refractivity (Wildman–Crippen MR) is 339 cm³/mol. The number of rotatable bonds is 24. The lowest BCUT2D eigenvalue weighted by Gasteiger charge is -2.21. The molecule has 0 aliphatic carbocycles. The Kier molecular flexibility index (Phi) is 37.8. The minimum absolute atomic E-state index is 0.0146. The van der Waals surface area contributed by atoms with Crippen LogP contribution in [0.2, 0.25) is 0 Å². The molecule has 0 amide bonds. The van der Waals surface area contributed by atoms with E-state index in [1.54, 1.807) is 7.11 Å². The standard InChI is InChI=1S/C19H25NO2.C16H19NO.C15H15BrO.C13H12O.C2H5BrO.C2H6O3S/c1-20(13-15-21-2)14-16-22-19(17-9-5-3-6-10-17)18-11-7-4-8-12-18;1-17-12-13-18-16(14-8-4-2-5-9-14)15-10-6-3-7-11-15;16-11-12-17-15(13-7-3-1-4-8-13)14-9-5-2-6-10-14;14-13(11-7-3-1-4-8-11)12-9-5-2-6-10-12;3-1-2-4;1-5-6(2,3)4/h3-12,19H,13-16H2,1-2H3;2-11,16-17H,12-13H2,1H3;1-10,15H,11-12H2;1-10,13-14H;4H,1-2H2;1-2H3. The molecule has 0 atom stereocenters. The number of nitrogens with zero attached hydrogens (tertiary/aromatic N) is 1. The summed E-state index contributed by atoms with van der Waals surface area (Å²) in [5.74, 6) is 0. The number of aliphatic hydroxyl groups is 2. The van der Waals surface area contributed by atoms with Crippen LogP contribution in [0.5, 0.6) is 0 Å². The van der Waals surface area contributed by atoms with Crippen molar-refractivity contribution in [2.24, 2.45) is 0 Å². The number of methoxy groups -OCH3 is 1. The molecule has 81 heavy (non-hydrogen) atoms. The van der Waals surface area contributed by atoms with E-state index in [1.807, 2.05) is 153 Å². The van der Waals surface area contributed by atoms with Crippen molar-refractivity contribution < 1.29 is 41.8 Å². The quantitative estimate of drug-likeness (QED) is 0.0303. The van der Waals surface area contributed by atoms with Crippen molar-refractivity contribution in [1.82, 2.24) is 10.2 Å². The Morgan fingerprint density at radius 2 is 0.691 bits per heavy atom. The minimum atomic E-state index is -3.16. The Morgan fingerprint density at radius 1 is 0.444 bits per heavy atom. The van der Waals surface area contributed by atoms with Crippen LogP contribution in [0.25, 0.3) is 0 Å². The van der Waals surface area contributed by atoms with Gasteiger partial charge in [-0.1, -0.05) is 275 Å². The van der Waals surface area contributed by atoms with E-state index in [9.17, 15) is 13.5 Å². The first-order chi connectivity index (χ1) is 39.5. The zero-order valence-electron chi connectivity index (χ0n) is 47.3. The van der Waals surface area contributed by atoms with Crippen molar-refractivity contribution in [3.05, 3.63) is 287 Å². The summed E-state index contributed by atoms with van der Waals surface area (Å²) in [6.45, 7) is 5.74. The van der Waals surface area contributed by atoms with E-state index in [-0.39, 0.29) is 24.9 Å². The van der Waals surface area contributed by atoms with Crippen molar-refractivity contribution in [1.29, 1.82) is 0 Å². The molecule has 0 heterocycles. The topological polar surface area (TPSA) is 136 Å². The molecule has 0 unspecified atom stereocenters. The number of hydrogen-bond donors (Lipinski definition) is 3. The average molecular weight is 1250 g/mol. The van der Waals surface area contributed by atoms with Crippen LogP contribution >= 0.6 is 31.9 Å². The number of ether oxygens (including phenoxy) is 4. The second-order valence-corrected chi connectivity index (χ2v) is 21.1. The van der Waals surface area contributed by atoms with Gasteiger partial charge >= 0.3 is 0 Å². The highest BCUT2D eigenvalue weighted by molar-refractivity contribution is 9.09. The number of aliphatic hydroxyl groups excluding tert-OH is 2. The van der Waals surface area contributed by atoms with Gasteiger partial charge in [0.1, 0.15) is 24.4 Å². The Hall–Kier alpha value is -5.69. The fraction of sp³-hybridized carbons (Fsp3) is 0.284. The summed E-state index contributed by atoms with van der Waals surface area (Å²) >= 11 is 6.40. The maximum atomic E-state index is 9.99. The van der Waals surface area contributed by atoms with Gasteiger partial charge in [0.15, 0.2) is 0 Å². The summed E-state index contributed by atoms with van der Waals surface area (Å²) < 4.78 is 46.7. The number of halogens is 2. The lowest BCUT2D eigenvalue weighted by Crippen LogP contribution is -2.27. The van der Waals surface area contributed by atoms with Crippen LogP contribution in [0.4, 0.5) is 0 Å². The number of hydrogen-bond acceptors (Lipinski definition) is 11. The fourth-order valence-corrected chi connectivity index (χ4v) is 7.70. The van der Waals surface area contributed by atoms with E-state index < -0.39 is 16.2 Å². The summed E-state index contributed by atoms with van der Waals surface area (Å²) in [6.07, 6.45) is 0.499. The Labute approximate surface area is 500 Å².